The average molecular weight is 284 g/mol. The van der Waals surface area contributed by atoms with E-state index < -0.39 is 5.41 Å². The summed E-state index contributed by atoms with van der Waals surface area (Å²) in [6.45, 7) is 2.10. The number of hydrogen-bond donors (Lipinski definition) is 0. The first-order chi connectivity index (χ1) is 7.68. The quantitative estimate of drug-likeness (QED) is 0.744. The molecule has 0 N–H and O–H groups in total. The molecule has 0 saturated heterocycles. The van der Waals surface area contributed by atoms with Crippen molar-refractivity contribution in [1.29, 1.82) is 5.26 Å². The second-order valence-corrected chi connectivity index (χ2v) is 4.50. The molecular formula is C13H15BrFN. The smallest absolute Gasteiger partial charge is 0.123 e. The Hall–Kier alpha value is -0.880. The van der Waals surface area contributed by atoms with E-state index in [-0.39, 0.29) is 5.82 Å². The third-order valence-corrected chi connectivity index (χ3v) is 3.75. The molecule has 0 bridgehead atoms. The molecule has 16 heavy (non-hydrogen) atoms. The van der Waals surface area contributed by atoms with E-state index in [1.807, 2.05) is 0 Å². The van der Waals surface area contributed by atoms with Crippen molar-refractivity contribution in [1.82, 2.24) is 0 Å². The average Bonchev–Trinajstić information content (AvgIpc) is 2.33. The standard InChI is InChI=1S/C13H15BrFN/c1-2-3-8-13(9-14,10-16)11-4-6-12(15)7-5-11/h4-7H,2-3,8-9H2,1H3. The Morgan fingerprint density at radius 1 is 1.38 bits per heavy atom. The van der Waals surface area contributed by atoms with Gasteiger partial charge in [-0.2, -0.15) is 5.26 Å². The lowest BCUT2D eigenvalue weighted by molar-refractivity contribution is 0.530. The number of nitrogens with zero attached hydrogens (tertiary/aromatic N) is 1. The van der Waals surface area contributed by atoms with Crippen LogP contribution in [0.4, 0.5) is 4.39 Å². The lowest BCUT2D eigenvalue weighted by Crippen LogP contribution is -2.26. The number of benzene rings is 1. The molecule has 1 rings (SSSR count). The third-order valence-electron chi connectivity index (χ3n) is 2.80. The van der Waals surface area contributed by atoms with Gasteiger partial charge in [-0.3, -0.25) is 0 Å². The van der Waals surface area contributed by atoms with Gasteiger partial charge in [0.05, 0.1) is 11.5 Å². The van der Waals surface area contributed by atoms with E-state index in [4.69, 9.17) is 0 Å². The van der Waals surface area contributed by atoms with Crippen LogP contribution in [0.15, 0.2) is 24.3 Å². The Bertz CT molecular complexity index is 369. The van der Waals surface area contributed by atoms with Crippen LogP contribution in [0.5, 0.6) is 0 Å². The summed E-state index contributed by atoms with van der Waals surface area (Å²) >= 11 is 3.40. The van der Waals surface area contributed by atoms with Crippen LogP contribution >= 0.6 is 15.9 Å². The van der Waals surface area contributed by atoms with Crippen LogP contribution in [0.2, 0.25) is 0 Å². The Morgan fingerprint density at radius 2 is 2.00 bits per heavy atom. The van der Waals surface area contributed by atoms with Crippen LogP contribution in [-0.4, -0.2) is 5.33 Å². The lowest BCUT2D eigenvalue weighted by atomic mass is 9.79. The predicted octanol–water partition coefficient (Wildman–Crippen LogP) is 4.17. The predicted molar refractivity (Wildman–Crippen MR) is 67.0 cm³/mol. The van der Waals surface area contributed by atoms with Crippen molar-refractivity contribution in [2.75, 3.05) is 5.33 Å². The number of alkyl halides is 1. The molecule has 0 aliphatic rings. The Balaban J connectivity index is 3.01. The van der Waals surface area contributed by atoms with Crippen LogP contribution < -0.4 is 0 Å². The highest BCUT2D eigenvalue weighted by atomic mass is 79.9. The third kappa shape index (κ3) is 2.82. The monoisotopic (exact) mass is 283 g/mol. The van der Waals surface area contributed by atoms with E-state index in [0.29, 0.717) is 5.33 Å². The van der Waals surface area contributed by atoms with E-state index in [0.717, 1.165) is 24.8 Å². The minimum atomic E-state index is -0.524. The van der Waals surface area contributed by atoms with Crippen molar-refractivity contribution < 1.29 is 4.39 Å². The molecule has 0 amide bonds. The molecular weight excluding hydrogens is 269 g/mol. The van der Waals surface area contributed by atoms with E-state index in [1.165, 1.54) is 12.1 Å². The first-order valence-corrected chi connectivity index (χ1v) is 6.54. The second kappa shape index (κ2) is 6.00. The first-order valence-electron chi connectivity index (χ1n) is 5.42. The minimum Gasteiger partial charge on any atom is -0.207 e. The second-order valence-electron chi connectivity index (χ2n) is 3.94. The highest BCUT2D eigenvalue weighted by Gasteiger charge is 2.30. The number of rotatable bonds is 5. The summed E-state index contributed by atoms with van der Waals surface area (Å²) in [4.78, 5) is 0. The maximum atomic E-state index is 12.8. The fourth-order valence-corrected chi connectivity index (χ4v) is 2.42. The number of unbranched alkanes of at least 4 members (excludes halogenated alkanes) is 1. The SMILES string of the molecule is CCCCC(C#N)(CBr)c1ccc(F)cc1. The Kier molecular flexibility index (Phi) is 4.95. The number of halogens is 2. The zero-order chi connectivity index (χ0) is 12.0. The van der Waals surface area contributed by atoms with E-state index in [9.17, 15) is 9.65 Å². The molecule has 3 heteroatoms. The topological polar surface area (TPSA) is 23.8 Å². The van der Waals surface area contributed by atoms with Crippen molar-refractivity contribution in [3.63, 3.8) is 0 Å². The van der Waals surface area contributed by atoms with E-state index in [2.05, 4.69) is 28.9 Å². The summed E-state index contributed by atoms with van der Waals surface area (Å²) in [6.07, 6.45) is 2.85. The van der Waals surface area contributed by atoms with Gasteiger partial charge in [0.2, 0.25) is 0 Å². The van der Waals surface area contributed by atoms with Crippen LogP contribution in [0.25, 0.3) is 0 Å². The van der Waals surface area contributed by atoms with Gasteiger partial charge in [0.25, 0.3) is 0 Å². The summed E-state index contributed by atoms with van der Waals surface area (Å²) in [6, 6.07) is 8.60. The van der Waals surface area contributed by atoms with Crippen molar-refractivity contribution in [3.8, 4) is 6.07 Å². The van der Waals surface area contributed by atoms with Crippen molar-refractivity contribution in [2.24, 2.45) is 0 Å². The van der Waals surface area contributed by atoms with Gasteiger partial charge in [-0.05, 0) is 24.1 Å². The highest BCUT2D eigenvalue weighted by molar-refractivity contribution is 9.09. The summed E-state index contributed by atoms with van der Waals surface area (Å²) in [7, 11) is 0. The molecule has 0 heterocycles. The first kappa shape index (κ1) is 13.2. The molecule has 0 radical (unpaired) electrons. The fraction of sp³-hybridized carbons (Fsp3) is 0.462. The van der Waals surface area contributed by atoms with Gasteiger partial charge in [-0.25, -0.2) is 4.39 Å². The molecule has 1 atom stereocenters. The number of hydrogen-bond acceptors (Lipinski definition) is 1. The molecule has 1 unspecified atom stereocenters. The normalized spacial score (nSPS) is 14.1. The molecule has 0 aliphatic carbocycles. The highest BCUT2D eigenvalue weighted by Crippen LogP contribution is 2.31. The molecule has 1 aromatic rings. The van der Waals surface area contributed by atoms with Gasteiger partial charge in [-0.1, -0.05) is 47.8 Å². The van der Waals surface area contributed by atoms with Gasteiger partial charge in [0.1, 0.15) is 5.82 Å². The molecule has 0 aliphatic heterocycles. The minimum absolute atomic E-state index is 0.263. The summed E-state index contributed by atoms with van der Waals surface area (Å²) in [5.74, 6) is -0.263. The molecule has 0 aromatic heterocycles. The molecule has 0 spiro atoms. The largest absolute Gasteiger partial charge is 0.207 e. The van der Waals surface area contributed by atoms with E-state index in [1.54, 1.807) is 12.1 Å². The lowest BCUT2D eigenvalue weighted by Gasteiger charge is -2.24. The van der Waals surface area contributed by atoms with Gasteiger partial charge >= 0.3 is 0 Å². The molecule has 1 nitrogen and oxygen atoms in total. The maximum absolute atomic E-state index is 12.8. The van der Waals surface area contributed by atoms with Crippen molar-refractivity contribution in [3.05, 3.63) is 35.6 Å². The van der Waals surface area contributed by atoms with Crippen LogP contribution in [-0.2, 0) is 5.41 Å². The maximum Gasteiger partial charge on any atom is 0.123 e. The number of nitriles is 1. The van der Waals surface area contributed by atoms with Crippen LogP contribution in [0.1, 0.15) is 31.7 Å². The summed E-state index contributed by atoms with van der Waals surface area (Å²) in [5, 5.41) is 9.94. The summed E-state index contributed by atoms with van der Waals surface area (Å²) in [5.41, 5.74) is 0.366. The zero-order valence-electron chi connectivity index (χ0n) is 9.34. The molecule has 0 saturated carbocycles. The Labute approximate surface area is 104 Å². The van der Waals surface area contributed by atoms with Gasteiger partial charge in [0.15, 0.2) is 0 Å². The fourth-order valence-electron chi connectivity index (χ4n) is 1.69. The Morgan fingerprint density at radius 3 is 2.44 bits per heavy atom. The van der Waals surface area contributed by atoms with Gasteiger partial charge < -0.3 is 0 Å². The van der Waals surface area contributed by atoms with Crippen LogP contribution in [0, 0.1) is 17.1 Å². The van der Waals surface area contributed by atoms with Crippen molar-refractivity contribution in [2.45, 2.75) is 31.6 Å². The molecule has 86 valence electrons. The molecule has 0 fully saturated rings. The van der Waals surface area contributed by atoms with Gasteiger partial charge in [-0.15, -0.1) is 0 Å². The van der Waals surface area contributed by atoms with E-state index >= 15 is 0 Å². The zero-order valence-corrected chi connectivity index (χ0v) is 10.9. The summed E-state index contributed by atoms with van der Waals surface area (Å²) < 4.78 is 12.8. The van der Waals surface area contributed by atoms with Gasteiger partial charge in [0, 0.05) is 5.33 Å². The van der Waals surface area contributed by atoms with Crippen LogP contribution in [0.3, 0.4) is 0 Å². The molecule has 1 aromatic carbocycles. The van der Waals surface area contributed by atoms with Crippen molar-refractivity contribution >= 4 is 15.9 Å².